The summed E-state index contributed by atoms with van der Waals surface area (Å²) in [6.45, 7) is 4.12. The molecule has 1 rings (SSSR count). The number of amides is 1. The molecule has 1 heterocycles. The highest BCUT2D eigenvalue weighted by Crippen LogP contribution is 2.08. The van der Waals surface area contributed by atoms with Crippen molar-refractivity contribution in [1.82, 2.24) is 10.2 Å². The minimum absolute atomic E-state index is 0.135. The Labute approximate surface area is 102 Å². The van der Waals surface area contributed by atoms with Gasteiger partial charge in [-0.3, -0.25) is 9.59 Å². The van der Waals surface area contributed by atoms with Gasteiger partial charge in [-0.2, -0.15) is 0 Å². The molecule has 98 valence electrons. The number of hydrogen-bond donors (Lipinski definition) is 2. The first-order valence-corrected chi connectivity index (χ1v) is 6.39. The van der Waals surface area contributed by atoms with Gasteiger partial charge in [0.05, 0.1) is 0 Å². The van der Waals surface area contributed by atoms with Crippen molar-refractivity contribution in [2.24, 2.45) is 0 Å². The van der Waals surface area contributed by atoms with Crippen molar-refractivity contribution in [2.75, 3.05) is 19.6 Å². The first-order chi connectivity index (χ1) is 8.15. The van der Waals surface area contributed by atoms with Crippen molar-refractivity contribution >= 4 is 11.9 Å². The van der Waals surface area contributed by atoms with E-state index < -0.39 is 12.0 Å². The maximum absolute atomic E-state index is 11.7. The van der Waals surface area contributed by atoms with Crippen LogP contribution >= 0.6 is 0 Å². The molecule has 0 aromatic rings. The lowest BCUT2D eigenvalue weighted by molar-refractivity contribution is -0.140. The van der Waals surface area contributed by atoms with Gasteiger partial charge in [-0.1, -0.05) is 13.3 Å². The van der Waals surface area contributed by atoms with Crippen molar-refractivity contribution in [3.8, 4) is 0 Å². The van der Waals surface area contributed by atoms with Crippen LogP contribution in [0.25, 0.3) is 0 Å². The van der Waals surface area contributed by atoms with Crippen LogP contribution in [-0.2, 0) is 9.59 Å². The van der Waals surface area contributed by atoms with Crippen LogP contribution in [0.5, 0.6) is 0 Å². The molecule has 1 atom stereocenters. The number of rotatable bonds is 7. The second kappa shape index (κ2) is 7.27. The Kier molecular flexibility index (Phi) is 5.97. The molecule has 1 unspecified atom stereocenters. The molecule has 1 amide bonds. The first kappa shape index (κ1) is 14.0. The predicted molar refractivity (Wildman–Crippen MR) is 64.8 cm³/mol. The van der Waals surface area contributed by atoms with E-state index in [0.29, 0.717) is 19.4 Å². The van der Waals surface area contributed by atoms with Crippen molar-refractivity contribution in [3.05, 3.63) is 0 Å². The van der Waals surface area contributed by atoms with Gasteiger partial charge in [-0.25, -0.2) is 0 Å². The van der Waals surface area contributed by atoms with E-state index in [0.717, 1.165) is 32.4 Å². The second-order valence-electron chi connectivity index (χ2n) is 4.47. The Hall–Kier alpha value is -1.10. The molecule has 0 aliphatic carbocycles. The summed E-state index contributed by atoms with van der Waals surface area (Å²) in [6.07, 6.45) is 4.00. The minimum Gasteiger partial charge on any atom is -0.480 e. The zero-order valence-corrected chi connectivity index (χ0v) is 10.4. The third-order valence-electron chi connectivity index (χ3n) is 3.06. The van der Waals surface area contributed by atoms with Gasteiger partial charge in [0, 0.05) is 26.1 Å². The second-order valence-corrected chi connectivity index (χ2v) is 4.47. The summed E-state index contributed by atoms with van der Waals surface area (Å²) in [5.41, 5.74) is 0. The Morgan fingerprint density at radius 3 is 2.53 bits per heavy atom. The Balaban J connectivity index is 2.20. The van der Waals surface area contributed by atoms with E-state index in [9.17, 15) is 9.59 Å². The van der Waals surface area contributed by atoms with Crippen molar-refractivity contribution in [2.45, 2.75) is 45.1 Å². The van der Waals surface area contributed by atoms with Crippen LogP contribution in [0.2, 0.25) is 0 Å². The van der Waals surface area contributed by atoms with E-state index in [-0.39, 0.29) is 5.91 Å². The molecule has 0 radical (unpaired) electrons. The quantitative estimate of drug-likeness (QED) is 0.694. The molecule has 1 fully saturated rings. The summed E-state index contributed by atoms with van der Waals surface area (Å²) in [4.78, 5) is 24.4. The number of nitrogens with one attached hydrogen (secondary N) is 1. The van der Waals surface area contributed by atoms with E-state index in [2.05, 4.69) is 5.32 Å². The summed E-state index contributed by atoms with van der Waals surface area (Å²) in [5, 5.41) is 11.9. The Morgan fingerprint density at radius 1 is 1.35 bits per heavy atom. The smallest absolute Gasteiger partial charge is 0.320 e. The maximum atomic E-state index is 11.7. The van der Waals surface area contributed by atoms with Crippen molar-refractivity contribution < 1.29 is 14.7 Å². The molecule has 5 nitrogen and oxygen atoms in total. The first-order valence-electron chi connectivity index (χ1n) is 6.39. The number of aliphatic carboxylic acids is 1. The largest absolute Gasteiger partial charge is 0.480 e. The molecule has 0 saturated carbocycles. The average Bonchev–Trinajstić information content (AvgIpc) is 2.81. The summed E-state index contributed by atoms with van der Waals surface area (Å²) in [5.74, 6) is -0.698. The Bertz CT molecular complexity index is 262. The van der Waals surface area contributed by atoms with Gasteiger partial charge in [0.15, 0.2) is 0 Å². The van der Waals surface area contributed by atoms with Crippen molar-refractivity contribution in [3.63, 3.8) is 0 Å². The number of likely N-dealkylation sites (tertiary alicyclic amines) is 1. The molecule has 0 aromatic carbocycles. The van der Waals surface area contributed by atoms with Gasteiger partial charge in [0.25, 0.3) is 0 Å². The molecule has 17 heavy (non-hydrogen) atoms. The fourth-order valence-electron chi connectivity index (χ4n) is 2.08. The predicted octanol–water partition coefficient (Wildman–Crippen LogP) is 0.842. The molecule has 1 aliphatic heterocycles. The summed E-state index contributed by atoms with van der Waals surface area (Å²) in [6, 6.07) is -0.522. The van der Waals surface area contributed by atoms with Crippen LogP contribution in [0, 0.1) is 0 Å². The van der Waals surface area contributed by atoms with Crippen LogP contribution in [0.15, 0.2) is 0 Å². The van der Waals surface area contributed by atoms with E-state index in [1.165, 1.54) is 0 Å². The molecule has 5 heteroatoms. The highest BCUT2D eigenvalue weighted by atomic mass is 16.4. The van der Waals surface area contributed by atoms with Gasteiger partial charge in [0.2, 0.25) is 5.91 Å². The minimum atomic E-state index is -0.833. The zero-order chi connectivity index (χ0) is 12.7. The lowest BCUT2D eigenvalue weighted by atomic mass is 10.1. The van der Waals surface area contributed by atoms with Crippen LogP contribution < -0.4 is 5.32 Å². The SMILES string of the molecule is CCCC(NCCC(=O)N1CCCC1)C(=O)O. The van der Waals surface area contributed by atoms with Crippen LogP contribution in [0.4, 0.5) is 0 Å². The molecule has 0 bridgehead atoms. The fraction of sp³-hybridized carbons (Fsp3) is 0.833. The summed E-state index contributed by atoms with van der Waals surface area (Å²) < 4.78 is 0. The third-order valence-corrected chi connectivity index (χ3v) is 3.06. The Morgan fingerprint density at radius 2 is 2.00 bits per heavy atom. The molecule has 1 saturated heterocycles. The number of carbonyl (C=O) groups excluding carboxylic acids is 1. The van der Waals surface area contributed by atoms with E-state index in [1.54, 1.807) is 0 Å². The highest BCUT2D eigenvalue weighted by Gasteiger charge is 2.19. The van der Waals surface area contributed by atoms with Gasteiger partial charge < -0.3 is 15.3 Å². The monoisotopic (exact) mass is 242 g/mol. The van der Waals surface area contributed by atoms with E-state index in [1.807, 2.05) is 11.8 Å². The van der Waals surface area contributed by atoms with E-state index in [4.69, 9.17) is 5.11 Å². The zero-order valence-electron chi connectivity index (χ0n) is 10.4. The van der Waals surface area contributed by atoms with E-state index >= 15 is 0 Å². The van der Waals surface area contributed by atoms with Crippen LogP contribution in [0.3, 0.4) is 0 Å². The summed E-state index contributed by atoms with van der Waals surface area (Å²) in [7, 11) is 0. The molecule has 0 aromatic heterocycles. The number of carboxylic acids is 1. The topological polar surface area (TPSA) is 69.6 Å². The van der Waals surface area contributed by atoms with Gasteiger partial charge in [-0.05, 0) is 19.3 Å². The third kappa shape index (κ3) is 4.73. The molecular formula is C12H22N2O3. The number of carbonyl (C=O) groups is 2. The number of carboxylic acid groups (broad SMARTS) is 1. The van der Waals surface area contributed by atoms with Crippen LogP contribution in [0.1, 0.15) is 39.0 Å². The maximum Gasteiger partial charge on any atom is 0.320 e. The van der Waals surface area contributed by atoms with Gasteiger partial charge in [0.1, 0.15) is 6.04 Å². The molecule has 0 spiro atoms. The fourth-order valence-corrected chi connectivity index (χ4v) is 2.08. The number of hydrogen-bond acceptors (Lipinski definition) is 3. The average molecular weight is 242 g/mol. The normalized spacial score (nSPS) is 17.1. The molecule has 2 N–H and O–H groups in total. The van der Waals surface area contributed by atoms with Crippen molar-refractivity contribution in [1.29, 1.82) is 0 Å². The lowest BCUT2D eigenvalue weighted by Crippen LogP contribution is -2.39. The van der Waals surface area contributed by atoms with Gasteiger partial charge in [-0.15, -0.1) is 0 Å². The highest BCUT2D eigenvalue weighted by molar-refractivity contribution is 5.77. The van der Waals surface area contributed by atoms with Gasteiger partial charge >= 0.3 is 5.97 Å². The molecular weight excluding hydrogens is 220 g/mol. The summed E-state index contributed by atoms with van der Waals surface area (Å²) >= 11 is 0. The lowest BCUT2D eigenvalue weighted by Gasteiger charge is -2.17. The molecule has 1 aliphatic rings. The number of nitrogens with zero attached hydrogens (tertiary/aromatic N) is 1. The standard InChI is InChI=1S/C12H22N2O3/c1-2-5-10(12(16)17)13-7-6-11(15)14-8-3-4-9-14/h10,13H,2-9H2,1H3,(H,16,17). The van der Waals surface area contributed by atoms with Crippen LogP contribution in [-0.4, -0.2) is 47.6 Å².